The van der Waals surface area contributed by atoms with E-state index < -0.39 is 0 Å². The topological polar surface area (TPSA) is 70.8 Å². The lowest BCUT2D eigenvalue weighted by Gasteiger charge is -2.37. The van der Waals surface area contributed by atoms with Crippen LogP contribution in [0.1, 0.15) is 17.2 Å². The molecule has 1 fully saturated rings. The van der Waals surface area contributed by atoms with Gasteiger partial charge in [0, 0.05) is 38.9 Å². The number of nitrogens with one attached hydrogen (secondary N) is 1. The summed E-state index contributed by atoms with van der Waals surface area (Å²) in [5, 5.41) is 12.0. The fraction of sp³-hybridized carbons (Fsp3) is 0.375. The number of rotatable bonds is 6. The van der Waals surface area contributed by atoms with Crippen LogP contribution >= 0.6 is 0 Å². The number of ether oxygens (including phenoxy) is 1. The van der Waals surface area contributed by atoms with E-state index in [-0.39, 0.29) is 0 Å². The molecular weight excluding hydrogens is 402 g/mol. The highest BCUT2D eigenvalue weighted by atomic mass is 16.5. The van der Waals surface area contributed by atoms with Gasteiger partial charge in [0.25, 0.3) is 0 Å². The van der Waals surface area contributed by atoms with Crippen LogP contribution in [0.2, 0.25) is 0 Å². The second kappa shape index (κ2) is 10.2. The lowest BCUT2D eigenvalue weighted by molar-refractivity contribution is 0.370. The van der Waals surface area contributed by atoms with Gasteiger partial charge in [0.05, 0.1) is 20.2 Å². The lowest BCUT2D eigenvalue weighted by Crippen LogP contribution is -2.52. The zero-order valence-electron chi connectivity index (χ0n) is 19.0. The molecule has 1 saturated heterocycles. The first-order valence-electron chi connectivity index (χ1n) is 10.9. The van der Waals surface area contributed by atoms with Crippen LogP contribution in [0.3, 0.4) is 0 Å². The molecular formula is C24H31N7O. The Labute approximate surface area is 189 Å². The van der Waals surface area contributed by atoms with Crippen molar-refractivity contribution in [1.29, 1.82) is 0 Å². The second-order valence-electron chi connectivity index (χ2n) is 7.87. The number of hydrogen-bond donors (Lipinski definition) is 1. The van der Waals surface area contributed by atoms with Crippen molar-refractivity contribution >= 4 is 11.6 Å². The Morgan fingerprint density at radius 3 is 2.34 bits per heavy atom. The molecule has 0 aliphatic carbocycles. The smallest absolute Gasteiger partial charge is 0.194 e. The number of aliphatic imine (C=N–C) groups is 1. The van der Waals surface area contributed by atoms with E-state index in [1.165, 1.54) is 11.3 Å². The molecule has 0 radical (unpaired) electrons. The van der Waals surface area contributed by atoms with Gasteiger partial charge in [-0.05, 0) is 36.8 Å². The van der Waals surface area contributed by atoms with Crippen LogP contribution in [0.4, 0.5) is 5.69 Å². The van der Waals surface area contributed by atoms with E-state index >= 15 is 0 Å². The number of anilines is 1. The number of nitrogens with zero attached hydrogens (tertiary/aromatic N) is 6. The standard InChI is InChI=1S/C24H31N7O/c1-19-27-28-23(29(19)2)18-26-24(25-17-20-7-5-4-6-8-20)31-15-13-30(14-16-31)21-9-11-22(32-3)12-10-21/h4-12H,13-18H2,1-3H3,(H,25,26). The Kier molecular flexibility index (Phi) is 6.89. The SMILES string of the molecule is COc1ccc(N2CCN(C(=NCc3ccccc3)NCc3nnc(C)n3C)CC2)cc1. The molecule has 4 rings (SSSR count). The third kappa shape index (κ3) is 5.19. The van der Waals surface area contributed by atoms with Crippen molar-refractivity contribution in [3.63, 3.8) is 0 Å². The number of aromatic nitrogens is 3. The van der Waals surface area contributed by atoms with Crippen molar-refractivity contribution in [1.82, 2.24) is 25.0 Å². The summed E-state index contributed by atoms with van der Waals surface area (Å²) >= 11 is 0. The Bertz CT molecular complexity index is 1020. The van der Waals surface area contributed by atoms with Crippen LogP contribution in [0.25, 0.3) is 0 Å². The molecule has 8 heteroatoms. The van der Waals surface area contributed by atoms with Crippen molar-refractivity contribution < 1.29 is 4.74 Å². The Morgan fingerprint density at radius 1 is 1.00 bits per heavy atom. The average Bonchev–Trinajstić information content (AvgIpc) is 3.17. The van der Waals surface area contributed by atoms with Crippen molar-refractivity contribution in [2.75, 3.05) is 38.2 Å². The Balaban J connectivity index is 1.43. The van der Waals surface area contributed by atoms with Crippen LogP contribution in [-0.4, -0.2) is 58.9 Å². The summed E-state index contributed by atoms with van der Waals surface area (Å²) in [7, 11) is 3.68. The molecule has 1 aromatic heterocycles. The summed E-state index contributed by atoms with van der Waals surface area (Å²) < 4.78 is 7.28. The maximum Gasteiger partial charge on any atom is 0.194 e. The van der Waals surface area contributed by atoms with Gasteiger partial charge >= 0.3 is 0 Å². The van der Waals surface area contributed by atoms with Gasteiger partial charge in [-0.25, -0.2) is 4.99 Å². The second-order valence-corrected chi connectivity index (χ2v) is 7.87. The van der Waals surface area contributed by atoms with E-state index in [4.69, 9.17) is 9.73 Å². The first kappa shape index (κ1) is 21.7. The fourth-order valence-corrected chi connectivity index (χ4v) is 3.75. The van der Waals surface area contributed by atoms with E-state index in [0.717, 1.165) is 49.5 Å². The lowest BCUT2D eigenvalue weighted by atomic mass is 10.2. The van der Waals surface area contributed by atoms with Crippen LogP contribution in [-0.2, 0) is 20.1 Å². The van der Waals surface area contributed by atoms with Gasteiger partial charge < -0.3 is 24.4 Å². The molecule has 3 aromatic rings. The van der Waals surface area contributed by atoms with E-state index in [1.54, 1.807) is 7.11 Å². The predicted octanol–water partition coefficient (Wildman–Crippen LogP) is 2.60. The van der Waals surface area contributed by atoms with E-state index in [2.05, 4.69) is 49.6 Å². The highest BCUT2D eigenvalue weighted by Crippen LogP contribution is 2.20. The Morgan fingerprint density at radius 2 is 1.72 bits per heavy atom. The number of benzene rings is 2. The average molecular weight is 434 g/mol. The van der Waals surface area contributed by atoms with Gasteiger partial charge in [-0.2, -0.15) is 0 Å². The molecule has 2 heterocycles. The predicted molar refractivity (Wildman–Crippen MR) is 127 cm³/mol. The summed E-state index contributed by atoms with van der Waals surface area (Å²) in [6, 6.07) is 18.6. The largest absolute Gasteiger partial charge is 0.497 e. The van der Waals surface area contributed by atoms with Gasteiger partial charge in [-0.15, -0.1) is 10.2 Å². The van der Waals surface area contributed by atoms with Gasteiger partial charge in [-0.1, -0.05) is 30.3 Å². The van der Waals surface area contributed by atoms with Crippen molar-refractivity contribution in [2.45, 2.75) is 20.0 Å². The molecule has 0 amide bonds. The molecule has 32 heavy (non-hydrogen) atoms. The molecule has 0 saturated carbocycles. The first-order valence-corrected chi connectivity index (χ1v) is 10.9. The van der Waals surface area contributed by atoms with Crippen LogP contribution < -0.4 is 15.0 Å². The molecule has 0 spiro atoms. The quantitative estimate of drug-likeness (QED) is 0.476. The van der Waals surface area contributed by atoms with Gasteiger partial charge in [0.15, 0.2) is 11.8 Å². The molecule has 2 aromatic carbocycles. The fourth-order valence-electron chi connectivity index (χ4n) is 3.75. The van der Waals surface area contributed by atoms with Crippen LogP contribution in [0.15, 0.2) is 59.6 Å². The molecule has 0 unspecified atom stereocenters. The van der Waals surface area contributed by atoms with E-state index in [9.17, 15) is 0 Å². The van der Waals surface area contributed by atoms with Gasteiger partial charge in [-0.3, -0.25) is 0 Å². The summed E-state index contributed by atoms with van der Waals surface area (Å²) in [6.07, 6.45) is 0. The minimum Gasteiger partial charge on any atom is -0.497 e. The summed E-state index contributed by atoms with van der Waals surface area (Å²) in [6.45, 7) is 6.83. The molecule has 1 aliphatic heterocycles. The maximum atomic E-state index is 5.28. The molecule has 1 aliphatic rings. The Hall–Kier alpha value is -3.55. The summed E-state index contributed by atoms with van der Waals surface area (Å²) in [4.78, 5) is 9.65. The van der Waals surface area contributed by atoms with E-state index in [1.807, 2.05) is 48.9 Å². The zero-order valence-corrected chi connectivity index (χ0v) is 19.0. The monoisotopic (exact) mass is 433 g/mol. The molecule has 8 nitrogen and oxygen atoms in total. The minimum atomic E-state index is 0.587. The van der Waals surface area contributed by atoms with Crippen molar-refractivity contribution in [2.24, 2.45) is 12.0 Å². The molecule has 0 bridgehead atoms. The number of hydrogen-bond acceptors (Lipinski definition) is 5. The third-order valence-electron chi connectivity index (χ3n) is 5.86. The normalized spacial score (nSPS) is 14.5. The third-order valence-corrected chi connectivity index (χ3v) is 5.86. The number of aryl methyl sites for hydroxylation is 1. The highest BCUT2D eigenvalue weighted by Gasteiger charge is 2.20. The van der Waals surface area contributed by atoms with Crippen molar-refractivity contribution in [3.05, 3.63) is 71.8 Å². The summed E-state index contributed by atoms with van der Waals surface area (Å²) in [5.41, 5.74) is 2.41. The number of methoxy groups -OCH3 is 1. The van der Waals surface area contributed by atoms with Gasteiger partial charge in [0.2, 0.25) is 0 Å². The number of piperazine rings is 1. The van der Waals surface area contributed by atoms with E-state index in [0.29, 0.717) is 13.1 Å². The number of guanidine groups is 1. The maximum absolute atomic E-state index is 5.28. The first-order chi connectivity index (χ1) is 15.6. The van der Waals surface area contributed by atoms with Crippen LogP contribution in [0, 0.1) is 6.92 Å². The van der Waals surface area contributed by atoms with Crippen LogP contribution in [0.5, 0.6) is 5.75 Å². The zero-order chi connectivity index (χ0) is 22.3. The summed E-state index contributed by atoms with van der Waals surface area (Å²) in [5.74, 6) is 3.58. The van der Waals surface area contributed by atoms with Crippen molar-refractivity contribution in [3.8, 4) is 5.75 Å². The molecule has 1 N–H and O–H groups in total. The molecule has 0 atom stereocenters. The minimum absolute atomic E-state index is 0.587. The van der Waals surface area contributed by atoms with Gasteiger partial charge in [0.1, 0.15) is 11.6 Å². The molecule has 168 valence electrons. The highest BCUT2D eigenvalue weighted by molar-refractivity contribution is 5.80.